The number of phenolic OH excluding ortho intramolecular Hbond substituents is 1. The van der Waals surface area contributed by atoms with E-state index in [2.05, 4.69) is 40.1 Å². The molecule has 4 atom stereocenters. The fourth-order valence-corrected chi connectivity index (χ4v) is 5.14. The van der Waals surface area contributed by atoms with Gasteiger partial charge in [0.25, 0.3) is 0 Å². The van der Waals surface area contributed by atoms with Crippen molar-refractivity contribution in [3.8, 4) is 5.75 Å². The van der Waals surface area contributed by atoms with Crippen LogP contribution in [0, 0.1) is 11.8 Å². The van der Waals surface area contributed by atoms with Gasteiger partial charge in [0, 0.05) is 25.4 Å². The van der Waals surface area contributed by atoms with Gasteiger partial charge in [-0.15, -0.1) is 0 Å². The van der Waals surface area contributed by atoms with Crippen LogP contribution in [0.3, 0.4) is 0 Å². The Kier molecular flexibility index (Phi) is 18.3. The normalized spacial score (nSPS) is 13.4. The second kappa shape index (κ2) is 22.1. The van der Waals surface area contributed by atoms with Crippen LogP contribution in [0.5, 0.6) is 5.75 Å². The summed E-state index contributed by atoms with van der Waals surface area (Å²) in [4.78, 5) is 58.1. The molecule has 0 fully saturated rings. The van der Waals surface area contributed by atoms with Crippen molar-refractivity contribution < 1.29 is 24.3 Å². The fraction of sp³-hybridized carbons (Fsp3) is 0.528. The van der Waals surface area contributed by atoms with E-state index in [1.165, 1.54) is 0 Å². The summed E-state index contributed by atoms with van der Waals surface area (Å²) in [6, 6.07) is 13.1. The summed E-state index contributed by atoms with van der Waals surface area (Å²) in [5.41, 5.74) is 18.3. The lowest BCUT2D eigenvalue weighted by molar-refractivity contribution is -0.134. The van der Waals surface area contributed by atoms with Crippen LogP contribution in [0.1, 0.15) is 70.4 Å². The van der Waals surface area contributed by atoms with Gasteiger partial charge < -0.3 is 43.6 Å². The van der Waals surface area contributed by atoms with Crippen molar-refractivity contribution in [2.75, 3.05) is 19.6 Å². The van der Waals surface area contributed by atoms with E-state index in [9.17, 15) is 24.3 Å². The molecule has 2 rings (SSSR count). The number of nitrogens with zero attached hydrogens (tertiary/aromatic N) is 1. The number of aromatic hydroxyl groups is 1. The van der Waals surface area contributed by atoms with Gasteiger partial charge in [0.2, 0.25) is 23.6 Å². The van der Waals surface area contributed by atoms with Crippen molar-refractivity contribution >= 4 is 29.6 Å². The van der Waals surface area contributed by atoms with Crippen molar-refractivity contribution in [1.29, 1.82) is 0 Å². The number of amides is 4. The third-order valence-electron chi connectivity index (χ3n) is 8.02. The molecule has 11 N–H and O–H groups in total. The average molecular weight is 681 g/mol. The number of unbranched alkanes of at least 4 members (excludes halogenated alkanes) is 1. The van der Waals surface area contributed by atoms with E-state index in [0.717, 1.165) is 17.5 Å². The molecule has 2 aromatic rings. The number of guanidine groups is 1. The van der Waals surface area contributed by atoms with Crippen LogP contribution in [0.25, 0.3) is 0 Å². The first-order valence-electron chi connectivity index (χ1n) is 17.2. The monoisotopic (exact) mass is 680 g/mol. The third-order valence-corrected chi connectivity index (χ3v) is 8.02. The SMILES string of the molecule is CC(C)CCNC(=O)C(CCCN=C(N)N)NC(=O)C(CCCCN)NC(=O)C(Cc1ccccc1)NC(=O)C(C)Cc1ccc(O)cc1. The second-order valence-corrected chi connectivity index (χ2v) is 12.9. The van der Waals surface area contributed by atoms with Crippen molar-refractivity contribution in [2.24, 2.45) is 34.0 Å². The lowest BCUT2D eigenvalue weighted by Gasteiger charge is -2.26. The summed E-state index contributed by atoms with van der Waals surface area (Å²) < 4.78 is 0. The highest BCUT2D eigenvalue weighted by Gasteiger charge is 2.30. The van der Waals surface area contributed by atoms with E-state index >= 15 is 0 Å². The number of nitrogens with two attached hydrogens (primary N) is 3. The lowest BCUT2D eigenvalue weighted by Crippen LogP contribution is -2.57. The molecule has 0 spiro atoms. The minimum atomic E-state index is -0.979. The summed E-state index contributed by atoms with van der Waals surface area (Å²) in [6.07, 6.45) is 3.59. The molecule has 0 bridgehead atoms. The fourth-order valence-electron chi connectivity index (χ4n) is 5.14. The Bertz CT molecular complexity index is 1330. The first-order valence-corrected chi connectivity index (χ1v) is 17.2. The van der Waals surface area contributed by atoms with Gasteiger partial charge in [-0.2, -0.15) is 0 Å². The van der Waals surface area contributed by atoms with Gasteiger partial charge in [-0.25, -0.2) is 0 Å². The Morgan fingerprint density at radius 2 is 1.27 bits per heavy atom. The standard InChI is InChI=1S/C36H56N8O5/c1-24(2)18-21-40-33(47)29(13-9-20-41-36(38)39)42-34(48)30(12-7-8-19-37)43-35(49)31(23-26-10-5-4-6-11-26)44-32(46)25(3)22-27-14-16-28(45)17-15-27/h4-6,10-11,14-17,24-25,29-31,45H,7-9,12-13,18-23,37H2,1-3H3,(H,40,47)(H,42,48)(H,43,49)(H,44,46)(H4,38,39,41). The lowest BCUT2D eigenvalue weighted by atomic mass is 9.98. The number of nitrogens with one attached hydrogen (secondary N) is 4. The van der Waals surface area contributed by atoms with Gasteiger partial charge in [-0.1, -0.05) is 63.2 Å². The average Bonchev–Trinajstić information content (AvgIpc) is 3.06. The summed E-state index contributed by atoms with van der Waals surface area (Å²) in [5.74, 6) is -1.71. The number of hydrogen-bond acceptors (Lipinski definition) is 7. The van der Waals surface area contributed by atoms with Crippen LogP contribution in [-0.2, 0) is 32.0 Å². The molecule has 0 aromatic heterocycles. The first kappa shape index (κ1) is 40.5. The Balaban J connectivity index is 2.24. The summed E-state index contributed by atoms with van der Waals surface area (Å²) >= 11 is 0. The van der Waals surface area contributed by atoms with E-state index in [0.29, 0.717) is 44.7 Å². The summed E-state index contributed by atoms with van der Waals surface area (Å²) in [6.45, 7) is 7.04. The molecule has 0 saturated carbocycles. The molecule has 0 aliphatic carbocycles. The van der Waals surface area contributed by atoms with E-state index in [1.807, 2.05) is 30.3 Å². The Hall–Kier alpha value is -4.65. The van der Waals surface area contributed by atoms with Gasteiger partial charge in [-0.05, 0) is 80.7 Å². The molecule has 0 aliphatic rings. The maximum absolute atomic E-state index is 13.9. The summed E-state index contributed by atoms with van der Waals surface area (Å²) in [7, 11) is 0. The zero-order chi connectivity index (χ0) is 36.2. The van der Waals surface area contributed by atoms with Crippen molar-refractivity contribution in [1.82, 2.24) is 21.3 Å². The number of phenols is 1. The Morgan fingerprint density at radius 1 is 0.694 bits per heavy atom. The highest BCUT2D eigenvalue weighted by Crippen LogP contribution is 2.15. The zero-order valence-corrected chi connectivity index (χ0v) is 29.1. The molecule has 2 aromatic carbocycles. The Labute approximate surface area is 290 Å². The number of hydrogen-bond donors (Lipinski definition) is 8. The molecule has 13 nitrogen and oxygen atoms in total. The number of rotatable bonds is 22. The molecule has 4 unspecified atom stereocenters. The molecular weight excluding hydrogens is 624 g/mol. The van der Waals surface area contributed by atoms with Gasteiger partial charge in [0.15, 0.2) is 5.96 Å². The smallest absolute Gasteiger partial charge is 0.243 e. The van der Waals surface area contributed by atoms with Crippen molar-refractivity contribution in [3.63, 3.8) is 0 Å². The maximum Gasteiger partial charge on any atom is 0.243 e. The summed E-state index contributed by atoms with van der Waals surface area (Å²) in [5, 5.41) is 21.1. The predicted molar refractivity (Wildman–Crippen MR) is 192 cm³/mol. The molecule has 0 saturated heterocycles. The molecule has 0 heterocycles. The predicted octanol–water partition coefficient (Wildman–Crippen LogP) is 1.61. The number of carbonyl (C=O) groups excluding carboxylic acids is 4. The molecule has 49 heavy (non-hydrogen) atoms. The molecule has 270 valence electrons. The van der Waals surface area contributed by atoms with Gasteiger partial charge in [-0.3, -0.25) is 24.2 Å². The number of carbonyl (C=O) groups is 4. The minimum absolute atomic E-state index is 0.0588. The Morgan fingerprint density at radius 3 is 1.88 bits per heavy atom. The van der Waals surface area contributed by atoms with Crippen LogP contribution in [-0.4, -0.2) is 72.5 Å². The highest BCUT2D eigenvalue weighted by atomic mass is 16.3. The van der Waals surface area contributed by atoms with Crippen LogP contribution in [0.2, 0.25) is 0 Å². The zero-order valence-electron chi connectivity index (χ0n) is 29.1. The van der Waals surface area contributed by atoms with Crippen molar-refractivity contribution in [3.05, 3.63) is 65.7 Å². The molecule has 13 heteroatoms. The minimum Gasteiger partial charge on any atom is -0.508 e. The van der Waals surface area contributed by atoms with Crippen LogP contribution >= 0.6 is 0 Å². The van der Waals surface area contributed by atoms with Crippen molar-refractivity contribution in [2.45, 2.75) is 90.3 Å². The van der Waals surface area contributed by atoms with Crippen LogP contribution in [0.4, 0.5) is 0 Å². The van der Waals surface area contributed by atoms with E-state index in [1.54, 1.807) is 31.2 Å². The third kappa shape index (κ3) is 16.3. The van der Waals surface area contributed by atoms with Gasteiger partial charge >= 0.3 is 0 Å². The number of aliphatic imine (C=N–C) groups is 1. The van der Waals surface area contributed by atoms with Gasteiger partial charge in [0.1, 0.15) is 23.9 Å². The van der Waals surface area contributed by atoms with Crippen LogP contribution in [0.15, 0.2) is 59.6 Å². The topological polar surface area (TPSA) is 227 Å². The maximum atomic E-state index is 13.9. The van der Waals surface area contributed by atoms with Gasteiger partial charge in [0.05, 0.1) is 0 Å². The van der Waals surface area contributed by atoms with E-state index in [4.69, 9.17) is 17.2 Å². The second-order valence-electron chi connectivity index (χ2n) is 12.9. The van der Waals surface area contributed by atoms with E-state index < -0.39 is 35.9 Å². The quantitative estimate of drug-likeness (QED) is 0.0517. The van der Waals surface area contributed by atoms with E-state index in [-0.39, 0.29) is 49.3 Å². The molecule has 0 aliphatic heterocycles. The molecule has 4 amide bonds. The molecule has 0 radical (unpaired) electrons. The number of benzene rings is 2. The molecular formula is C36H56N8O5. The first-order chi connectivity index (χ1) is 23.4. The van der Waals surface area contributed by atoms with Crippen LogP contribution < -0.4 is 38.5 Å². The highest BCUT2D eigenvalue weighted by molar-refractivity contribution is 5.94. The largest absolute Gasteiger partial charge is 0.508 e.